The van der Waals surface area contributed by atoms with Crippen molar-refractivity contribution in [1.82, 2.24) is 0 Å². The molecule has 0 saturated carbocycles. The van der Waals surface area contributed by atoms with E-state index in [1.54, 1.807) is 24.3 Å². The molecule has 0 spiro atoms. The molecular weight excluding hydrogens is 298 g/mol. The summed E-state index contributed by atoms with van der Waals surface area (Å²) >= 11 is 0. The maximum absolute atomic E-state index is 12.2. The van der Waals surface area contributed by atoms with Crippen molar-refractivity contribution in [3.05, 3.63) is 59.7 Å². The van der Waals surface area contributed by atoms with Crippen LogP contribution in [0.5, 0.6) is 0 Å². The highest BCUT2D eigenvalue weighted by Crippen LogP contribution is 2.23. The maximum atomic E-state index is 12.2. The van der Waals surface area contributed by atoms with Crippen LogP contribution in [-0.4, -0.2) is 5.91 Å². The molecule has 0 radical (unpaired) electrons. The fourth-order valence-corrected chi connectivity index (χ4v) is 2.23. The van der Waals surface area contributed by atoms with Gasteiger partial charge in [0.25, 0.3) is 0 Å². The van der Waals surface area contributed by atoms with Crippen molar-refractivity contribution in [1.29, 1.82) is 0 Å². The molecule has 2 rings (SSSR count). The van der Waals surface area contributed by atoms with E-state index in [4.69, 9.17) is 11.5 Å². The van der Waals surface area contributed by atoms with Gasteiger partial charge in [0.15, 0.2) is 0 Å². The molecule has 0 atom stereocenters. The average molecular weight is 323 g/mol. The van der Waals surface area contributed by atoms with Gasteiger partial charge in [-0.1, -0.05) is 45.1 Å². The van der Waals surface area contributed by atoms with E-state index in [0.29, 0.717) is 11.4 Å². The number of benzene rings is 2. The highest BCUT2D eigenvalue weighted by molar-refractivity contribution is 5.93. The first-order valence-corrected chi connectivity index (χ1v) is 7.96. The Bertz CT molecular complexity index is 758. The summed E-state index contributed by atoms with van der Waals surface area (Å²) < 4.78 is 0. The molecule has 0 aliphatic heterocycles. The highest BCUT2D eigenvalue weighted by Gasteiger charge is 2.07. The van der Waals surface area contributed by atoms with Crippen LogP contribution < -0.4 is 16.8 Å². The Morgan fingerprint density at radius 1 is 1.12 bits per heavy atom. The predicted molar refractivity (Wildman–Crippen MR) is 103 cm³/mol. The summed E-state index contributed by atoms with van der Waals surface area (Å²) in [5.41, 5.74) is 15.7. The van der Waals surface area contributed by atoms with Crippen LogP contribution in [0, 0.1) is 5.41 Å². The van der Waals surface area contributed by atoms with E-state index in [1.807, 2.05) is 24.3 Å². The fourth-order valence-electron chi connectivity index (χ4n) is 2.23. The second-order valence-electron chi connectivity index (χ2n) is 7.01. The Hall–Kier alpha value is -2.75. The third-order valence-corrected chi connectivity index (χ3v) is 3.45. The molecule has 2 aromatic carbocycles. The van der Waals surface area contributed by atoms with E-state index >= 15 is 0 Å². The summed E-state index contributed by atoms with van der Waals surface area (Å²) in [7, 11) is 0. The lowest BCUT2D eigenvalue weighted by atomic mass is 9.95. The molecule has 0 heterocycles. The first-order valence-electron chi connectivity index (χ1n) is 7.96. The molecule has 0 unspecified atom stereocenters. The van der Waals surface area contributed by atoms with Gasteiger partial charge in [0.05, 0.1) is 6.42 Å². The zero-order chi connectivity index (χ0) is 17.7. The summed E-state index contributed by atoms with van der Waals surface area (Å²) in [6.45, 7) is 6.37. The number of hydrogen-bond acceptors (Lipinski definition) is 3. The molecule has 126 valence electrons. The second kappa shape index (κ2) is 7.21. The molecule has 0 bridgehead atoms. The minimum Gasteiger partial charge on any atom is -0.399 e. The first kappa shape index (κ1) is 17.6. The van der Waals surface area contributed by atoms with Crippen LogP contribution in [0.4, 0.5) is 17.1 Å². The van der Waals surface area contributed by atoms with Gasteiger partial charge in [-0.05, 0) is 46.9 Å². The van der Waals surface area contributed by atoms with Gasteiger partial charge in [0.2, 0.25) is 5.91 Å². The molecule has 2 aromatic rings. The number of carbonyl (C=O) groups is 1. The molecule has 24 heavy (non-hydrogen) atoms. The minimum atomic E-state index is -0.0869. The molecule has 4 nitrogen and oxygen atoms in total. The molecular formula is C20H25N3O. The van der Waals surface area contributed by atoms with Crippen molar-refractivity contribution in [3.8, 4) is 0 Å². The Labute approximate surface area is 143 Å². The summed E-state index contributed by atoms with van der Waals surface area (Å²) in [5.74, 6) is -0.0869. The molecule has 0 aromatic heterocycles. The summed E-state index contributed by atoms with van der Waals surface area (Å²) in [5, 5.41) is 2.91. The van der Waals surface area contributed by atoms with Crippen molar-refractivity contribution in [2.45, 2.75) is 27.2 Å². The molecule has 4 heteroatoms. The van der Waals surface area contributed by atoms with E-state index in [0.717, 1.165) is 16.8 Å². The van der Waals surface area contributed by atoms with Crippen molar-refractivity contribution >= 4 is 29.0 Å². The number of allylic oxidation sites excluding steroid dienone is 1. The maximum Gasteiger partial charge on any atom is 0.228 e. The number of hydrogen-bond donors (Lipinski definition) is 3. The molecule has 1 amide bonds. The van der Waals surface area contributed by atoms with E-state index in [-0.39, 0.29) is 17.7 Å². The van der Waals surface area contributed by atoms with Crippen molar-refractivity contribution in [3.63, 3.8) is 0 Å². The lowest BCUT2D eigenvalue weighted by Crippen LogP contribution is -2.14. The van der Waals surface area contributed by atoms with Crippen molar-refractivity contribution in [2.24, 2.45) is 5.41 Å². The summed E-state index contributed by atoms with van der Waals surface area (Å²) in [4.78, 5) is 12.2. The molecule has 5 N–H and O–H groups in total. The van der Waals surface area contributed by atoms with E-state index in [9.17, 15) is 4.79 Å². The molecule has 0 fully saturated rings. The topological polar surface area (TPSA) is 81.1 Å². The highest BCUT2D eigenvalue weighted by atomic mass is 16.1. The van der Waals surface area contributed by atoms with Crippen LogP contribution in [0.2, 0.25) is 0 Å². The number of rotatable bonds is 4. The third kappa shape index (κ3) is 5.47. The summed E-state index contributed by atoms with van der Waals surface area (Å²) in [6.07, 6.45) is 4.36. The van der Waals surface area contributed by atoms with Gasteiger partial charge in [0, 0.05) is 17.1 Å². The Morgan fingerprint density at radius 2 is 1.88 bits per heavy atom. The standard InChI is InChI=1S/C20H25N3O/c1-20(2,3)10-9-15-13-17(7-8-18(15)22)23-19(24)12-14-5-4-6-16(21)11-14/h4-11,13H,12,21-22H2,1-3H3,(H,23,24)/b10-9+. The monoisotopic (exact) mass is 323 g/mol. The van der Waals surface area contributed by atoms with Gasteiger partial charge in [-0.25, -0.2) is 0 Å². The van der Waals surface area contributed by atoms with Crippen LogP contribution in [0.25, 0.3) is 6.08 Å². The Balaban J connectivity index is 2.09. The smallest absolute Gasteiger partial charge is 0.228 e. The predicted octanol–water partition coefficient (Wildman–Crippen LogP) is 4.09. The van der Waals surface area contributed by atoms with E-state index in [2.05, 4.69) is 32.2 Å². The van der Waals surface area contributed by atoms with Crippen LogP contribution in [0.3, 0.4) is 0 Å². The van der Waals surface area contributed by atoms with Gasteiger partial charge >= 0.3 is 0 Å². The summed E-state index contributed by atoms with van der Waals surface area (Å²) in [6, 6.07) is 12.8. The van der Waals surface area contributed by atoms with Crippen LogP contribution in [-0.2, 0) is 11.2 Å². The van der Waals surface area contributed by atoms with Crippen molar-refractivity contribution in [2.75, 3.05) is 16.8 Å². The van der Waals surface area contributed by atoms with Crippen LogP contribution in [0.15, 0.2) is 48.5 Å². The number of nitrogens with one attached hydrogen (secondary N) is 1. The van der Waals surface area contributed by atoms with Crippen molar-refractivity contribution < 1.29 is 4.79 Å². The van der Waals surface area contributed by atoms with Gasteiger partial charge in [-0.15, -0.1) is 0 Å². The quantitative estimate of drug-likeness (QED) is 0.741. The minimum absolute atomic E-state index is 0.0684. The first-order chi connectivity index (χ1) is 11.2. The molecule has 0 saturated heterocycles. The number of amides is 1. The Kier molecular flexibility index (Phi) is 5.29. The number of nitrogens with two attached hydrogens (primary N) is 2. The normalized spacial score (nSPS) is 11.6. The van der Waals surface area contributed by atoms with Gasteiger partial charge in [0.1, 0.15) is 0 Å². The third-order valence-electron chi connectivity index (χ3n) is 3.45. The number of anilines is 3. The Morgan fingerprint density at radius 3 is 2.54 bits per heavy atom. The van der Waals surface area contributed by atoms with E-state index in [1.165, 1.54) is 0 Å². The SMILES string of the molecule is CC(C)(C)/C=C/c1cc(NC(=O)Cc2cccc(N)c2)ccc1N. The van der Waals surface area contributed by atoms with Gasteiger partial charge in [-0.2, -0.15) is 0 Å². The lowest BCUT2D eigenvalue weighted by molar-refractivity contribution is -0.115. The fraction of sp³-hybridized carbons (Fsp3) is 0.250. The average Bonchev–Trinajstić information content (AvgIpc) is 2.47. The van der Waals surface area contributed by atoms with Gasteiger partial charge < -0.3 is 16.8 Å². The van der Waals surface area contributed by atoms with Crippen LogP contribution >= 0.6 is 0 Å². The zero-order valence-corrected chi connectivity index (χ0v) is 14.5. The lowest BCUT2D eigenvalue weighted by Gasteiger charge is -2.12. The van der Waals surface area contributed by atoms with E-state index < -0.39 is 0 Å². The molecule has 0 aliphatic rings. The van der Waals surface area contributed by atoms with Gasteiger partial charge in [-0.3, -0.25) is 4.79 Å². The molecule has 0 aliphatic carbocycles. The number of carbonyl (C=O) groups excluding carboxylic acids is 1. The largest absolute Gasteiger partial charge is 0.399 e. The zero-order valence-electron chi connectivity index (χ0n) is 14.5. The van der Waals surface area contributed by atoms with Crippen LogP contribution in [0.1, 0.15) is 31.9 Å². The number of nitrogen functional groups attached to an aromatic ring is 2. The second-order valence-corrected chi connectivity index (χ2v) is 7.01.